The van der Waals surface area contributed by atoms with Crippen LogP contribution in [0.5, 0.6) is 5.75 Å². The Kier molecular flexibility index (Phi) is 6.38. The minimum absolute atomic E-state index is 0.360. The van der Waals surface area contributed by atoms with Gasteiger partial charge < -0.3 is 14.8 Å². The van der Waals surface area contributed by atoms with Crippen LogP contribution >= 0.6 is 23.2 Å². The molecule has 1 heterocycles. The van der Waals surface area contributed by atoms with Crippen LogP contribution in [0.1, 0.15) is 24.0 Å². The van der Waals surface area contributed by atoms with Crippen LogP contribution in [0.2, 0.25) is 10.0 Å². The van der Waals surface area contributed by atoms with Gasteiger partial charge in [0.2, 0.25) is 0 Å². The third-order valence-corrected chi connectivity index (χ3v) is 4.75. The molecule has 5 heteroatoms. The van der Waals surface area contributed by atoms with E-state index in [1.165, 1.54) is 12.0 Å². The molecule has 1 saturated heterocycles. The lowest BCUT2D eigenvalue weighted by Crippen LogP contribution is -2.25. The highest BCUT2D eigenvalue weighted by Crippen LogP contribution is 2.23. The molecule has 0 amide bonds. The second-order valence-corrected chi connectivity index (χ2v) is 6.76. The van der Waals surface area contributed by atoms with Crippen molar-refractivity contribution in [1.29, 1.82) is 0 Å². The molecule has 0 aromatic heterocycles. The summed E-state index contributed by atoms with van der Waals surface area (Å²) < 4.78 is 11.5. The molecule has 1 aliphatic heterocycles. The highest BCUT2D eigenvalue weighted by molar-refractivity contribution is 6.42. The maximum Gasteiger partial charge on any atom is 0.120 e. The minimum Gasteiger partial charge on any atom is -0.489 e. The van der Waals surface area contributed by atoms with Crippen LogP contribution in [0.3, 0.4) is 0 Å². The molecule has 1 atom stereocenters. The molecule has 1 N–H and O–H groups in total. The zero-order valence-electron chi connectivity index (χ0n) is 13.4. The average Bonchev–Trinajstić information content (AvgIpc) is 3.10. The lowest BCUT2D eigenvalue weighted by atomic mass is 10.2. The summed E-state index contributed by atoms with van der Waals surface area (Å²) in [6.07, 6.45) is 2.68. The van der Waals surface area contributed by atoms with Gasteiger partial charge in [0.15, 0.2) is 0 Å². The summed E-state index contributed by atoms with van der Waals surface area (Å²) in [5, 5.41) is 4.55. The van der Waals surface area contributed by atoms with Crippen LogP contribution in [0.25, 0.3) is 0 Å². The number of hydrogen-bond donors (Lipinski definition) is 1. The SMILES string of the molecule is Clc1ccc(COc2cccc(CNC[C@H]3CCCO3)c2)cc1Cl. The molecule has 3 nitrogen and oxygen atoms in total. The first kappa shape index (κ1) is 17.6. The monoisotopic (exact) mass is 365 g/mol. The highest BCUT2D eigenvalue weighted by atomic mass is 35.5. The maximum atomic E-state index is 6.03. The minimum atomic E-state index is 0.360. The summed E-state index contributed by atoms with van der Waals surface area (Å²) in [6.45, 7) is 3.06. The van der Waals surface area contributed by atoms with E-state index < -0.39 is 0 Å². The Labute approximate surface area is 152 Å². The van der Waals surface area contributed by atoms with Gasteiger partial charge in [-0.2, -0.15) is 0 Å². The van der Waals surface area contributed by atoms with Crippen LogP contribution < -0.4 is 10.1 Å². The number of rotatable bonds is 7. The van der Waals surface area contributed by atoms with Gasteiger partial charge in [0.25, 0.3) is 0 Å². The predicted molar refractivity (Wildman–Crippen MR) is 97.9 cm³/mol. The van der Waals surface area contributed by atoms with Gasteiger partial charge in [0.1, 0.15) is 12.4 Å². The molecular formula is C19H21Cl2NO2. The van der Waals surface area contributed by atoms with Crippen LogP contribution in [0.4, 0.5) is 0 Å². The quantitative estimate of drug-likeness (QED) is 0.761. The summed E-state index contributed by atoms with van der Waals surface area (Å²) >= 11 is 12.0. The maximum absolute atomic E-state index is 6.03. The number of hydrogen-bond acceptors (Lipinski definition) is 3. The number of nitrogens with one attached hydrogen (secondary N) is 1. The predicted octanol–water partition coefficient (Wildman–Crippen LogP) is 4.84. The van der Waals surface area contributed by atoms with Crippen LogP contribution in [-0.4, -0.2) is 19.3 Å². The first-order valence-electron chi connectivity index (χ1n) is 8.19. The Bertz CT molecular complexity index is 672. The molecule has 3 rings (SSSR count). The topological polar surface area (TPSA) is 30.5 Å². The first-order chi connectivity index (χ1) is 11.7. The van der Waals surface area contributed by atoms with Gasteiger partial charge in [-0.15, -0.1) is 0 Å². The number of benzene rings is 2. The zero-order chi connectivity index (χ0) is 16.8. The van der Waals surface area contributed by atoms with Crippen molar-refractivity contribution >= 4 is 23.2 Å². The fraction of sp³-hybridized carbons (Fsp3) is 0.368. The van der Waals surface area contributed by atoms with Gasteiger partial charge in [-0.1, -0.05) is 41.4 Å². The van der Waals surface area contributed by atoms with Gasteiger partial charge in [0, 0.05) is 19.7 Å². The summed E-state index contributed by atoms with van der Waals surface area (Å²) in [6, 6.07) is 13.6. The van der Waals surface area contributed by atoms with Crippen LogP contribution in [0.15, 0.2) is 42.5 Å². The van der Waals surface area contributed by atoms with Crippen molar-refractivity contribution in [2.45, 2.75) is 32.1 Å². The van der Waals surface area contributed by atoms with Crippen molar-refractivity contribution in [1.82, 2.24) is 5.32 Å². The van der Waals surface area contributed by atoms with Crippen molar-refractivity contribution in [2.24, 2.45) is 0 Å². The molecule has 1 fully saturated rings. The Balaban J connectivity index is 1.49. The van der Waals surface area contributed by atoms with E-state index in [0.717, 1.165) is 37.4 Å². The smallest absolute Gasteiger partial charge is 0.120 e. The molecule has 0 bridgehead atoms. The van der Waals surface area contributed by atoms with Gasteiger partial charge in [-0.25, -0.2) is 0 Å². The molecule has 0 radical (unpaired) electrons. The molecule has 128 valence electrons. The van der Waals surface area contributed by atoms with Gasteiger partial charge >= 0.3 is 0 Å². The van der Waals surface area contributed by atoms with E-state index >= 15 is 0 Å². The van der Waals surface area contributed by atoms with Crippen molar-refractivity contribution < 1.29 is 9.47 Å². The van der Waals surface area contributed by atoms with Crippen molar-refractivity contribution in [3.05, 3.63) is 63.6 Å². The fourth-order valence-corrected chi connectivity index (χ4v) is 3.04. The summed E-state index contributed by atoms with van der Waals surface area (Å²) in [5.41, 5.74) is 2.19. The standard InChI is InChI=1S/C19H21Cl2NO2/c20-18-7-6-15(10-19(18)21)13-24-16-4-1-3-14(9-16)11-22-12-17-5-2-8-23-17/h1,3-4,6-7,9-10,17,22H,2,5,8,11-13H2/t17-/m1/s1. The Morgan fingerprint density at radius 1 is 1.08 bits per heavy atom. The van der Waals surface area contributed by atoms with Crippen molar-refractivity contribution in [2.75, 3.05) is 13.2 Å². The van der Waals surface area contributed by atoms with Gasteiger partial charge in [0.05, 0.1) is 16.1 Å². The van der Waals surface area contributed by atoms with Crippen LogP contribution in [0, 0.1) is 0 Å². The van der Waals surface area contributed by atoms with E-state index in [-0.39, 0.29) is 0 Å². The van der Waals surface area contributed by atoms with E-state index in [0.29, 0.717) is 22.8 Å². The van der Waals surface area contributed by atoms with E-state index in [2.05, 4.69) is 17.4 Å². The summed E-state index contributed by atoms with van der Waals surface area (Å²) in [7, 11) is 0. The molecule has 0 aliphatic carbocycles. The Morgan fingerprint density at radius 3 is 2.79 bits per heavy atom. The molecule has 0 spiro atoms. The number of ether oxygens (including phenoxy) is 2. The highest BCUT2D eigenvalue weighted by Gasteiger charge is 2.14. The molecule has 24 heavy (non-hydrogen) atoms. The van der Waals surface area contributed by atoms with Crippen molar-refractivity contribution in [3.8, 4) is 5.75 Å². The van der Waals surface area contributed by atoms with Gasteiger partial charge in [-0.3, -0.25) is 0 Å². The second kappa shape index (κ2) is 8.72. The molecule has 0 unspecified atom stereocenters. The summed E-state index contributed by atoms with van der Waals surface area (Å²) in [5.74, 6) is 0.845. The average molecular weight is 366 g/mol. The zero-order valence-corrected chi connectivity index (χ0v) is 14.9. The normalized spacial score (nSPS) is 17.2. The largest absolute Gasteiger partial charge is 0.489 e. The lowest BCUT2D eigenvalue weighted by Gasteiger charge is -2.12. The molecule has 2 aromatic rings. The molecule has 0 saturated carbocycles. The molecule has 1 aliphatic rings. The second-order valence-electron chi connectivity index (χ2n) is 5.95. The number of halogens is 2. The molecule has 2 aromatic carbocycles. The third-order valence-electron chi connectivity index (χ3n) is 4.01. The van der Waals surface area contributed by atoms with E-state index in [1.807, 2.05) is 24.3 Å². The lowest BCUT2D eigenvalue weighted by molar-refractivity contribution is 0.110. The first-order valence-corrected chi connectivity index (χ1v) is 8.94. The summed E-state index contributed by atoms with van der Waals surface area (Å²) in [4.78, 5) is 0. The molecular weight excluding hydrogens is 345 g/mol. The Hall–Kier alpha value is -1.26. The fourth-order valence-electron chi connectivity index (χ4n) is 2.72. The third kappa shape index (κ3) is 5.12. The van der Waals surface area contributed by atoms with E-state index in [9.17, 15) is 0 Å². The van der Waals surface area contributed by atoms with E-state index in [4.69, 9.17) is 32.7 Å². The Morgan fingerprint density at radius 2 is 2.00 bits per heavy atom. The van der Waals surface area contributed by atoms with Gasteiger partial charge in [-0.05, 0) is 48.2 Å². The van der Waals surface area contributed by atoms with Crippen molar-refractivity contribution in [3.63, 3.8) is 0 Å². The van der Waals surface area contributed by atoms with Crippen LogP contribution in [-0.2, 0) is 17.9 Å². The van der Waals surface area contributed by atoms with E-state index in [1.54, 1.807) is 6.07 Å².